The van der Waals surface area contributed by atoms with Crippen LogP contribution in [0.5, 0.6) is 0 Å². The van der Waals surface area contributed by atoms with Gasteiger partial charge in [-0.2, -0.15) is 5.26 Å². The molecule has 0 aliphatic carbocycles. The third-order valence-corrected chi connectivity index (χ3v) is 4.99. The highest BCUT2D eigenvalue weighted by atomic mass is 35.5. The Kier molecular flexibility index (Phi) is 6.06. The van der Waals surface area contributed by atoms with Gasteiger partial charge in [-0.1, -0.05) is 35.9 Å². The number of carbonyl (C=O) groups excluding carboxylic acids is 2. The number of halogens is 1. The van der Waals surface area contributed by atoms with Crippen LogP contribution < -0.4 is 0 Å². The number of nitriles is 1. The highest BCUT2D eigenvalue weighted by molar-refractivity contribution is 6.32. The van der Waals surface area contributed by atoms with Crippen LogP contribution in [-0.4, -0.2) is 22.5 Å². The lowest BCUT2D eigenvalue weighted by Crippen LogP contribution is -2.42. The Balaban J connectivity index is 2.09. The zero-order chi connectivity index (χ0) is 23.7. The molecule has 2 aromatic carbocycles. The molecule has 0 fully saturated rings. The molecule has 9 heteroatoms. The second-order valence-corrected chi connectivity index (χ2v) is 8.60. The fourth-order valence-corrected chi connectivity index (χ4v) is 3.54. The Morgan fingerprint density at radius 3 is 2.62 bits per heavy atom. The van der Waals surface area contributed by atoms with Crippen LogP contribution in [0.4, 0.5) is 5.69 Å². The van der Waals surface area contributed by atoms with E-state index < -0.39 is 28.1 Å². The lowest BCUT2D eigenvalue weighted by Gasteiger charge is -2.30. The van der Waals surface area contributed by atoms with E-state index >= 15 is 0 Å². The summed E-state index contributed by atoms with van der Waals surface area (Å²) in [6.45, 7) is 5.03. The number of benzene rings is 2. The molecule has 0 spiro atoms. The van der Waals surface area contributed by atoms with Gasteiger partial charge in [0.1, 0.15) is 10.6 Å². The molecular weight excluding hydrogens is 436 g/mol. The van der Waals surface area contributed by atoms with Gasteiger partial charge in [0.25, 0.3) is 5.69 Å². The van der Waals surface area contributed by atoms with Crippen LogP contribution in [0.15, 0.2) is 48.0 Å². The summed E-state index contributed by atoms with van der Waals surface area (Å²) in [5.41, 5.74) is -2.17. The number of hydrogen-bond acceptors (Lipinski definition) is 7. The van der Waals surface area contributed by atoms with Crippen LogP contribution >= 0.6 is 11.6 Å². The zero-order valence-corrected chi connectivity index (χ0v) is 18.3. The Hall–Kier alpha value is -3.70. The topological polar surface area (TPSA) is 120 Å². The average molecular weight is 455 g/mol. The van der Waals surface area contributed by atoms with Crippen LogP contribution in [0, 0.1) is 21.4 Å². The number of ether oxygens (including phenoxy) is 2. The first kappa shape index (κ1) is 23.0. The van der Waals surface area contributed by atoms with E-state index in [4.69, 9.17) is 21.1 Å². The maximum absolute atomic E-state index is 13.2. The minimum atomic E-state index is -1.86. The van der Waals surface area contributed by atoms with Gasteiger partial charge in [0.15, 0.2) is 0 Å². The molecule has 1 aliphatic heterocycles. The fourth-order valence-electron chi connectivity index (χ4n) is 3.35. The second-order valence-electron chi connectivity index (χ2n) is 8.19. The van der Waals surface area contributed by atoms with Crippen LogP contribution in [0.25, 0.3) is 6.08 Å². The van der Waals surface area contributed by atoms with E-state index in [9.17, 15) is 25.0 Å². The van der Waals surface area contributed by atoms with Crippen molar-refractivity contribution >= 4 is 35.3 Å². The van der Waals surface area contributed by atoms with Crippen molar-refractivity contribution in [3.05, 3.63) is 79.9 Å². The van der Waals surface area contributed by atoms with E-state index in [0.717, 1.165) is 0 Å². The molecule has 8 nitrogen and oxygen atoms in total. The maximum atomic E-state index is 13.2. The largest absolute Gasteiger partial charge is 0.457 e. The predicted molar refractivity (Wildman–Crippen MR) is 116 cm³/mol. The molecule has 0 amide bonds. The fraction of sp³-hybridized carbons (Fsp3) is 0.261. The predicted octanol–water partition coefficient (Wildman–Crippen LogP) is 4.95. The van der Waals surface area contributed by atoms with Crippen LogP contribution in [-0.2, 0) is 19.9 Å². The van der Waals surface area contributed by atoms with E-state index in [1.165, 1.54) is 30.3 Å². The first-order chi connectivity index (χ1) is 15.0. The summed E-state index contributed by atoms with van der Waals surface area (Å²) < 4.78 is 11.1. The summed E-state index contributed by atoms with van der Waals surface area (Å²) >= 11 is 5.85. The molecule has 0 N–H and O–H groups in total. The number of fused-ring (bicyclic) bond motifs is 1. The SMILES string of the molecule is CC(C)(C)OC(=O)[C@@]1(C/C(C#N)=C/c2ccc(Cl)c([N+](=O)[O-])c2)OC(=O)c2ccccc21. The average Bonchev–Trinajstić information content (AvgIpc) is 3.00. The number of rotatable bonds is 5. The molecule has 0 bridgehead atoms. The van der Waals surface area contributed by atoms with Gasteiger partial charge in [0, 0.05) is 23.6 Å². The number of nitro benzene ring substituents is 1. The third kappa shape index (κ3) is 4.48. The van der Waals surface area contributed by atoms with Crippen molar-refractivity contribution in [2.24, 2.45) is 0 Å². The Labute approximate surface area is 189 Å². The molecule has 3 rings (SSSR count). The smallest absolute Gasteiger partial charge is 0.356 e. The second kappa shape index (κ2) is 8.44. The van der Waals surface area contributed by atoms with E-state index in [2.05, 4.69) is 0 Å². The molecular formula is C23H19ClN2O6. The minimum absolute atomic E-state index is 0.0467. The normalized spacial score (nSPS) is 17.8. The maximum Gasteiger partial charge on any atom is 0.356 e. The summed E-state index contributed by atoms with van der Waals surface area (Å²) in [6, 6.07) is 12.4. The summed E-state index contributed by atoms with van der Waals surface area (Å²) in [5, 5.41) is 20.9. The van der Waals surface area contributed by atoms with Gasteiger partial charge in [-0.05, 0) is 44.5 Å². The van der Waals surface area contributed by atoms with E-state index in [1.54, 1.807) is 39.0 Å². The van der Waals surface area contributed by atoms with Crippen molar-refractivity contribution in [1.29, 1.82) is 5.26 Å². The minimum Gasteiger partial charge on any atom is -0.457 e. The molecule has 0 aromatic heterocycles. The molecule has 0 saturated heterocycles. The van der Waals surface area contributed by atoms with Gasteiger partial charge in [-0.25, -0.2) is 9.59 Å². The molecule has 0 unspecified atom stereocenters. The van der Waals surface area contributed by atoms with E-state index in [1.807, 2.05) is 6.07 Å². The monoisotopic (exact) mass is 454 g/mol. The summed E-state index contributed by atoms with van der Waals surface area (Å²) in [4.78, 5) is 36.3. The molecule has 32 heavy (non-hydrogen) atoms. The van der Waals surface area contributed by atoms with E-state index in [0.29, 0.717) is 11.1 Å². The molecule has 1 heterocycles. The number of esters is 2. The Morgan fingerprint density at radius 2 is 2.00 bits per heavy atom. The van der Waals surface area contributed by atoms with Gasteiger partial charge in [0.05, 0.1) is 16.6 Å². The zero-order valence-electron chi connectivity index (χ0n) is 17.5. The number of cyclic esters (lactones) is 1. The molecule has 2 aromatic rings. The van der Waals surface area contributed by atoms with Gasteiger partial charge in [-0.3, -0.25) is 10.1 Å². The van der Waals surface area contributed by atoms with Crippen molar-refractivity contribution in [3.8, 4) is 6.07 Å². The summed E-state index contributed by atoms with van der Waals surface area (Å²) in [5.74, 6) is -1.52. The van der Waals surface area contributed by atoms with Crippen LogP contribution in [0.2, 0.25) is 5.02 Å². The number of nitro groups is 1. The van der Waals surface area contributed by atoms with Crippen LogP contribution in [0.3, 0.4) is 0 Å². The van der Waals surface area contributed by atoms with E-state index in [-0.39, 0.29) is 28.3 Å². The third-order valence-electron chi connectivity index (χ3n) is 4.67. The van der Waals surface area contributed by atoms with Crippen LogP contribution in [0.1, 0.15) is 48.7 Å². The lowest BCUT2D eigenvalue weighted by molar-refractivity contribution is -0.384. The highest BCUT2D eigenvalue weighted by Crippen LogP contribution is 2.43. The molecule has 1 aliphatic rings. The number of nitrogens with zero attached hydrogens (tertiary/aromatic N) is 2. The van der Waals surface area contributed by atoms with Gasteiger partial charge in [-0.15, -0.1) is 0 Å². The molecule has 1 atom stereocenters. The first-order valence-electron chi connectivity index (χ1n) is 9.58. The molecule has 164 valence electrons. The Bertz CT molecular complexity index is 1190. The van der Waals surface area contributed by atoms with Crippen molar-refractivity contribution in [1.82, 2.24) is 0 Å². The van der Waals surface area contributed by atoms with Crippen molar-refractivity contribution < 1.29 is 24.0 Å². The quantitative estimate of drug-likeness (QED) is 0.271. The summed E-state index contributed by atoms with van der Waals surface area (Å²) in [7, 11) is 0. The number of hydrogen-bond donors (Lipinski definition) is 0. The van der Waals surface area contributed by atoms with Gasteiger partial charge in [0.2, 0.25) is 5.60 Å². The lowest BCUT2D eigenvalue weighted by atomic mass is 9.85. The summed E-state index contributed by atoms with van der Waals surface area (Å²) in [6.07, 6.45) is 1.07. The molecule has 0 radical (unpaired) electrons. The molecule has 0 saturated carbocycles. The number of carbonyl (C=O) groups is 2. The Morgan fingerprint density at radius 1 is 1.31 bits per heavy atom. The highest BCUT2D eigenvalue weighted by Gasteiger charge is 2.54. The van der Waals surface area contributed by atoms with Crippen molar-refractivity contribution in [2.45, 2.75) is 38.4 Å². The van der Waals surface area contributed by atoms with Crippen molar-refractivity contribution in [2.75, 3.05) is 0 Å². The van der Waals surface area contributed by atoms with Gasteiger partial charge >= 0.3 is 11.9 Å². The van der Waals surface area contributed by atoms with Crippen molar-refractivity contribution in [3.63, 3.8) is 0 Å². The standard InChI is InChI=1S/C23H19ClN2O6/c1-22(2,3)32-21(28)23(17-7-5-4-6-16(17)20(27)31-23)12-15(13-25)10-14-8-9-18(24)19(11-14)26(29)30/h4-11H,12H2,1-3H3/b15-10-/t23-/m0/s1. The first-order valence-corrected chi connectivity index (χ1v) is 9.95. The van der Waals surface area contributed by atoms with Gasteiger partial charge < -0.3 is 9.47 Å².